The third-order valence-corrected chi connectivity index (χ3v) is 3.42. The normalized spacial score (nSPS) is 11.2. The molecular weight excluding hydrogens is 254 g/mol. The number of para-hydroxylation sites is 1. The van der Waals surface area contributed by atoms with Crippen LogP contribution < -0.4 is 11.4 Å². The maximum absolute atomic E-state index is 12.1. The van der Waals surface area contributed by atoms with Gasteiger partial charge in [-0.2, -0.15) is 4.68 Å². The molecule has 1 aromatic heterocycles. The first kappa shape index (κ1) is 14.4. The fourth-order valence-electron chi connectivity index (χ4n) is 2.59. The number of nitrogens with one attached hydrogen (secondary N) is 1. The summed E-state index contributed by atoms with van der Waals surface area (Å²) < 4.78 is 3.03. The second-order valence-electron chi connectivity index (χ2n) is 4.96. The topological polar surface area (TPSA) is 59.8 Å². The number of rotatable bonds is 6. The lowest BCUT2D eigenvalue weighted by Crippen LogP contribution is -2.29. The number of aromatic amines is 1. The fourth-order valence-corrected chi connectivity index (χ4v) is 2.59. The Bertz CT molecular complexity index is 646. The van der Waals surface area contributed by atoms with Gasteiger partial charge in [0.2, 0.25) is 0 Å². The number of benzene rings is 1. The van der Waals surface area contributed by atoms with E-state index in [1.165, 1.54) is 4.68 Å². The van der Waals surface area contributed by atoms with Crippen LogP contribution >= 0.6 is 0 Å². The van der Waals surface area contributed by atoms with Crippen molar-refractivity contribution in [2.75, 3.05) is 0 Å². The second kappa shape index (κ2) is 6.41. The first-order chi connectivity index (χ1) is 9.69. The molecule has 2 aromatic rings. The number of nitrogens with zero attached hydrogens (tertiary/aromatic N) is 2. The van der Waals surface area contributed by atoms with Crippen molar-refractivity contribution in [3.8, 4) is 5.69 Å². The van der Waals surface area contributed by atoms with E-state index in [2.05, 4.69) is 18.8 Å². The molecule has 0 aliphatic heterocycles. The van der Waals surface area contributed by atoms with Crippen LogP contribution in [0.25, 0.3) is 5.69 Å². The Morgan fingerprint density at radius 3 is 2.15 bits per heavy atom. The zero-order valence-electron chi connectivity index (χ0n) is 12.0. The Morgan fingerprint density at radius 2 is 1.60 bits per heavy atom. The monoisotopic (exact) mass is 275 g/mol. The van der Waals surface area contributed by atoms with Gasteiger partial charge in [-0.15, -0.1) is 0 Å². The van der Waals surface area contributed by atoms with Gasteiger partial charge < -0.3 is 0 Å². The van der Waals surface area contributed by atoms with Crippen LogP contribution in [0.5, 0.6) is 0 Å². The largest absolute Gasteiger partial charge is 0.349 e. The van der Waals surface area contributed by atoms with Crippen molar-refractivity contribution in [1.29, 1.82) is 0 Å². The van der Waals surface area contributed by atoms with Crippen LogP contribution in [0.15, 0.2) is 39.9 Å². The average Bonchev–Trinajstić information content (AvgIpc) is 2.74. The third-order valence-electron chi connectivity index (χ3n) is 3.42. The molecule has 0 saturated carbocycles. The predicted molar refractivity (Wildman–Crippen MR) is 79.5 cm³/mol. The smallest absolute Gasteiger partial charge is 0.256 e. The number of hydrogen-bond donors (Lipinski definition) is 1. The van der Waals surface area contributed by atoms with Crippen LogP contribution in [0.1, 0.15) is 45.6 Å². The average molecular weight is 275 g/mol. The van der Waals surface area contributed by atoms with Crippen molar-refractivity contribution in [2.24, 2.45) is 0 Å². The summed E-state index contributed by atoms with van der Waals surface area (Å²) in [6, 6.07) is 9.33. The Balaban J connectivity index is 2.58. The molecule has 1 N–H and O–H groups in total. The van der Waals surface area contributed by atoms with Crippen molar-refractivity contribution in [3.63, 3.8) is 0 Å². The molecule has 1 aromatic carbocycles. The summed E-state index contributed by atoms with van der Waals surface area (Å²) in [7, 11) is 0. The summed E-state index contributed by atoms with van der Waals surface area (Å²) in [5.74, 6) is 0. The molecule has 5 heteroatoms. The molecule has 108 valence electrons. The van der Waals surface area contributed by atoms with Crippen LogP contribution in [-0.4, -0.2) is 14.3 Å². The summed E-state index contributed by atoms with van der Waals surface area (Å²) in [6.07, 6.45) is 3.73. The highest BCUT2D eigenvalue weighted by molar-refractivity contribution is 5.29. The molecule has 0 atom stereocenters. The van der Waals surface area contributed by atoms with Crippen molar-refractivity contribution in [3.05, 3.63) is 51.3 Å². The fraction of sp³-hybridized carbons (Fsp3) is 0.467. The minimum Gasteiger partial charge on any atom is -0.256 e. The quantitative estimate of drug-likeness (QED) is 0.880. The molecule has 0 amide bonds. The van der Waals surface area contributed by atoms with E-state index in [-0.39, 0.29) is 17.4 Å². The zero-order chi connectivity index (χ0) is 14.5. The summed E-state index contributed by atoms with van der Waals surface area (Å²) in [6.45, 7) is 4.18. The molecule has 0 spiro atoms. The van der Waals surface area contributed by atoms with Gasteiger partial charge in [-0.1, -0.05) is 44.9 Å². The molecular formula is C15H21N3O2. The third kappa shape index (κ3) is 2.76. The summed E-state index contributed by atoms with van der Waals surface area (Å²) >= 11 is 0. The minimum atomic E-state index is -0.376. The highest BCUT2D eigenvalue weighted by atomic mass is 16.2. The maximum atomic E-state index is 12.1. The van der Waals surface area contributed by atoms with E-state index in [1.54, 1.807) is 4.68 Å². The van der Waals surface area contributed by atoms with Crippen LogP contribution in [0.2, 0.25) is 0 Å². The second-order valence-corrected chi connectivity index (χ2v) is 4.96. The summed E-state index contributed by atoms with van der Waals surface area (Å²) in [5.41, 5.74) is 0.0113. The van der Waals surface area contributed by atoms with Crippen LogP contribution in [0.4, 0.5) is 0 Å². The molecule has 0 saturated heterocycles. The van der Waals surface area contributed by atoms with E-state index in [1.807, 2.05) is 30.3 Å². The van der Waals surface area contributed by atoms with Gasteiger partial charge in [0.1, 0.15) is 0 Å². The molecule has 1 heterocycles. The predicted octanol–water partition coefficient (Wildman–Crippen LogP) is 2.47. The van der Waals surface area contributed by atoms with Gasteiger partial charge in [0.25, 0.3) is 0 Å². The van der Waals surface area contributed by atoms with E-state index in [0.717, 1.165) is 25.7 Å². The Labute approximate surface area is 117 Å². The van der Waals surface area contributed by atoms with Gasteiger partial charge in [-0.3, -0.25) is 4.98 Å². The van der Waals surface area contributed by atoms with Crippen molar-refractivity contribution < 1.29 is 0 Å². The van der Waals surface area contributed by atoms with Gasteiger partial charge in [0.15, 0.2) is 0 Å². The molecule has 0 bridgehead atoms. The summed E-state index contributed by atoms with van der Waals surface area (Å²) in [5, 5.41) is 0. The number of H-pyrrole nitrogens is 1. The first-order valence-electron chi connectivity index (χ1n) is 7.18. The SMILES string of the molecule is CCCC(CCC)n1c(=O)[nH]c(=O)n1-c1ccccc1. The van der Waals surface area contributed by atoms with E-state index >= 15 is 0 Å². The summed E-state index contributed by atoms with van der Waals surface area (Å²) in [4.78, 5) is 26.6. The Hall–Kier alpha value is -2.04. The molecule has 2 rings (SSSR count). The molecule has 20 heavy (non-hydrogen) atoms. The molecule has 0 aliphatic rings. The highest BCUT2D eigenvalue weighted by Crippen LogP contribution is 2.18. The Kier molecular flexibility index (Phi) is 4.61. The van der Waals surface area contributed by atoms with Gasteiger partial charge in [0.05, 0.1) is 11.7 Å². The van der Waals surface area contributed by atoms with E-state index in [0.29, 0.717) is 5.69 Å². The lowest BCUT2D eigenvalue weighted by molar-refractivity contribution is 0.354. The molecule has 0 aliphatic carbocycles. The molecule has 0 unspecified atom stereocenters. The van der Waals surface area contributed by atoms with Gasteiger partial charge in [-0.25, -0.2) is 14.3 Å². The molecule has 5 nitrogen and oxygen atoms in total. The molecule has 0 radical (unpaired) electrons. The first-order valence-corrected chi connectivity index (χ1v) is 7.18. The van der Waals surface area contributed by atoms with Crippen LogP contribution in [0.3, 0.4) is 0 Å². The lowest BCUT2D eigenvalue weighted by atomic mass is 10.1. The van der Waals surface area contributed by atoms with Crippen LogP contribution in [-0.2, 0) is 0 Å². The number of hydrogen-bond acceptors (Lipinski definition) is 2. The standard InChI is InChI=1S/C15H21N3O2/c1-3-8-12(9-4-2)17-14(19)16-15(20)18(17)13-10-6-5-7-11-13/h5-7,10-12H,3-4,8-9H2,1-2H3,(H,16,19,20). The van der Waals surface area contributed by atoms with E-state index in [9.17, 15) is 9.59 Å². The maximum Gasteiger partial charge on any atom is 0.349 e. The Morgan fingerprint density at radius 1 is 1.00 bits per heavy atom. The lowest BCUT2D eigenvalue weighted by Gasteiger charge is -2.19. The van der Waals surface area contributed by atoms with Gasteiger partial charge in [0, 0.05) is 0 Å². The van der Waals surface area contributed by atoms with Crippen LogP contribution in [0, 0.1) is 0 Å². The van der Waals surface area contributed by atoms with Crippen molar-refractivity contribution >= 4 is 0 Å². The minimum absolute atomic E-state index is 0.0525. The van der Waals surface area contributed by atoms with E-state index in [4.69, 9.17) is 0 Å². The van der Waals surface area contributed by atoms with Gasteiger partial charge >= 0.3 is 11.4 Å². The number of aromatic nitrogens is 3. The molecule has 0 fully saturated rings. The van der Waals surface area contributed by atoms with Crippen molar-refractivity contribution in [1.82, 2.24) is 14.3 Å². The zero-order valence-corrected chi connectivity index (χ0v) is 12.0. The van der Waals surface area contributed by atoms with E-state index < -0.39 is 0 Å². The van der Waals surface area contributed by atoms with Crippen molar-refractivity contribution in [2.45, 2.75) is 45.6 Å². The highest BCUT2D eigenvalue weighted by Gasteiger charge is 2.18. The van der Waals surface area contributed by atoms with Gasteiger partial charge in [-0.05, 0) is 25.0 Å².